The summed E-state index contributed by atoms with van der Waals surface area (Å²) >= 11 is 0. The van der Waals surface area contributed by atoms with Crippen LogP contribution in [0.5, 0.6) is 0 Å². The molecule has 4 nitrogen and oxygen atoms in total. The topological polar surface area (TPSA) is 61.4 Å². The van der Waals surface area contributed by atoms with Gasteiger partial charge in [-0.25, -0.2) is 0 Å². The summed E-state index contributed by atoms with van der Waals surface area (Å²) in [6.07, 6.45) is 1.20. The molecule has 0 saturated heterocycles. The average molecular weight is 244 g/mol. The van der Waals surface area contributed by atoms with E-state index in [0.29, 0.717) is 13.0 Å². The third-order valence-corrected chi connectivity index (χ3v) is 2.66. The molecule has 0 fully saturated rings. The summed E-state index contributed by atoms with van der Waals surface area (Å²) in [5, 5.41) is 15.2. The predicted molar refractivity (Wildman–Crippen MR) is 70.8 cm³/mol. The number of aliphatic hydroxyl groups excluding tert-OH is 1. The summed E-state index contributed by atoms with van der Waals surface area (Å²) in [5.41, 5.74) is 0.0945. The maximum Gasteiger partial charge on any atom is 0.221 e. The molecule has 0 aromatic heterocycles. The summed E-state index contributed by atoms with van der Waals surface area (Å²) in [7, 11) is 0. The zero-order valence-electron chi connectivity index (χ0n) is 11.8. The molecule has 0 rings (SSSR count). The summed E-state index contributed by atoms with van der Waals surface area (Å²) < 4.78 is 0. The second-order valence-electron chi connectivity index (χ2n) is 5.86. The number of aliphatic hydroxyl groups is 1. The monoisotopic (exact) mass is 244 g/mol. The molecule has 0 spiro atoms. The smallest absolute Gasteiger partial charge is 0.221 e. The first-order chi connectivity index (χ1) is 7.77. The van der Waals surface area contributed by atoms with Crippen molar-refractivity contribution < 1.29 is 9.90 Å². The second-order valence-corrected chi connectivity index (χ2v) is 5.86. The van der Waals surface area contributed by atoms with E-state index in [1.165, 1.54) is 0 Å². The van der Waals surface area contributed by atoms with Crippen LogP contribution in [0.4, 0.5) is 0 Å². The van der Waals surface area contributed by atoms with Gasteiger partial charge in [0.1, 0.15) is 0 Å². The van der Waals surface area contributed by atoms with Crippen LogP contribution in [0, 0.1) is 5.41 Å². The van der Waals surface area contributed by atoms with Gasteiger partial charge >= 0.3 is 0 Å². The van der Waals surface area contributed by atoms with Crippen LogP contribution in [-0.4, -0.2) is 36.2 Å². The third-order valence-electron chi connectivity index (χ3n) is 2.66. The normalized spacial score (nSPS) is 13.8. The summed E-state index contributed by atoms with van der Waals surface area (Å²) in [6.45, 7) is 11.1. The van der Waals surface area contributed by atoms with Crippen molar-refractivity contribution in [2.24, 2.45) is 5.41 Å². The standard InChI is InChI=1S/C13H28N2O2/c1-10(2)15-12(17)6-8-14-11(7-9-16)13(3,4)5/h10-11,14,16H,6-9H2,1-5H3,(H,15,17). The van der Waals surface area contributed by atoms with E-state index in [4.69, 9.17) is 5.11 Å². The molecule has 0 aliphatic carbocycles. The number of hydrogen-bond donors (Lipinski definition) is 3. The van der Waals surface area contributed by atoms with Crippen molar-refractivity contribution in [2.75, 3.05) is 13.2 Å². The van der Waals surface area contributed by atoms with Crippen molar-refractivity contribution in [3.63, 3.8) is 0 Å². The molecular weight excluding hydrogens is 216 g/mol. The average Bonchev–Trinajstić information content (AvgIpc) is 2.13. The van der Waals surface area contributed by atoms with E-state index < -0.39 is 0 Å². The Morgan fingerprint density at radius 2 is 1.88 bits per heavy atom. The quantitative estimate of drug-likeness (QED) is 0.632. The van der Waals surface area contributed by atoms with Crippen LogP contribution < -0.4 is 10.6 Å². The Morgan fingerprint density at radius 1 is 1.29 bits per heavy atom. The van der Waals surface area contributed by atoms with Gasteiger partial charge in [-0.05, 0) is 25.7 Å². The highest BCUT2D eigenvalue weighted by Gasteiger charge is 2.23. The highest BCUT2D eigenvalue weighted by atomic mass is 16.3. The molecular formula is C13H28N2O2. The van der Waals surface area contributed by atoms with Gasteiger partial charge in [-0.1, -0.05) is 20.8 Å². The van der Waals surface area contributed by atoms with Crippen LogP contribution >= 0.6 is 0 Å². The zero-order chi connectivity index (χ0) is 13.5. The lowest BCUT2D eigenvalue weighted by atomic mass is 9.85. The fourth-order valence-corrected chi connectivity index (χ4v) is 1.72. The van der Waals surface area contributed by atoms with E-state index in [-0.39, 0.29) is 30.0 Å². The van der Waals surface area contributed by atoms with Crippen molar-refractivity contribution in [3.8, 4) is 0 Å². The van der Waals surface area contributed by atoms with Gasteiger partial charge in [0.05, 0.1) is 0 Å². The number of carbonyl (C=O) groups excluding carboxylic acids is 1. The molecule has 1 unspecified atom stereocenters. The van der Waals surface area contributed by atoms with Crippen LogP contribution in [0.15, 0.2) is 0 Å². The van der Waals surface area contributed by atoms with Gasteiger partial charge in [0.2, 0.25) is 5.91 Å². The van der Waals surface area contributed by atoms with Gasteiger partial charge in [-0.2, -0.15) is 0 Å². The van der Waals surface area contributed by atoms with Gasteiger partial charge in [0.15, 0.2) is 0 Å². The minimum atomic E-state index is 0.0733. The maximum atomic E-state index is 11.4. The molecule has 0 aliphatic heterocycles. The Morgan fingerprint density at radius 3 is 2.29 bits per heavy atom. The van der Waals surface area contributed by atoms with Crippen LogP contribution in [0.25, 0.3) is 0 Å². The van der Waals surface area contributed by atoms with Crippen molar-refractivity contribution in [1.29, 1.82) is 0 Å². The highest BCUT2D eigenvalue weighted by Crippen LogP contribution is 2.21. The van der Waals surface area contributed by atoms with E-state index >= 15 is 0 Å². The molecule has 0 heterocycles. The predicted octanol–water partition coefficient (Wildman–Crippen LogP) is 1.29. The first-order valence-electron chi connectivity index (χ1n) is 6.41. The van der Waals surface area contributed by atoms with E-state index in [9.17, 15) is 4.79 Å². The molecule has 1 amide bonds. The number of nitrogens with one attached hydrogen (secondary N) is 2. The minimum absolute atomic E-state index is 0.0733. The molecule has 0 aromatic carbocycles. The van der Waals surface area contributed by atoms with Crippen LogP contribution in [0.1, 0.15) is 47.5 Å². The van der Waals surface area contributed by atoms with Gasteiger partial charge in [0.25, 0.3) is 0 Å². The van der Waals surface area contributed by atoms with Crippen molar-refractivity contribution >= 4 is 5.91 Å². The summed E-state index contributed by atoms with van der Waals surface area (Å²) in [5.74, 6) is 0.0733. The van der Waals surface area contributed by atoms with Gasteiger partial charge in [-0.15, -0.1) is 0 Å². The molecule has 17 heavy (non-hydrogen) atoms. The first kappa shape index (κ1) is 16.4. The van der Waals surface area contributed by atoms with E-state index in [2.05, 4.69) is 31.4 Å². The van der Waals surface area contributed by atoms with E-state index in [1.54, 1.807) is 0 Å². The summed E-state index contributed by atoms with van der Waals surface area (Å²) in [4.78, 5) is 11.4. The van der Waals surface area contributed by atoms with Crippen LogP contribution in [0.2, 0.25) is 0 Å². The van der Waals surface area contributed by atoms with Crippen LogP contribution in [0.3, 0.4) is 0 Å². The van der Waals surface area contributed by atoms with Crippen molar-refractivity contribution in [2.45, 2.75) is 59.5 Å². The number of rotatable bonds is 7. The largest absolute Gasteiger partial charge is 0.396 e. The molecule has 0 radical (unpaired) electrons. The van der Waals surface area contributed by atoms with E-state index in [0.717, 1.165) is 6.42 Å². The lowest BCUT2D eigenvalue weighted by Crippen LogP contribution is -2.43. The summed E-state index contributed by atoms with van der Waals surface area (Å²) in [6, 6.07) is 0.428. The lowest BCUT2D eigenvalue weighted by Gasteiger charge is -2.31. The molecule has 0 aromatic rings. The molecule has 1 atom stereocenters. The van der Waals surface area contributed by atoms with Gasteiger partial charge in [-0.3, -0.25) is 4.79 Å². The first-order valence-corrected chi connectivity index (χ1v) is 6.41. The molecule has 0 bridgehead atoms. The Kier molecular flexibility index (Phi) is 7.39. The minimum Gasteiger partial charge on any atom is -0.396 e. The molecule has 3 N–H and O–H groups in total. The Balaban J connectivity index is 3.94. The Labute approximate surface area is 105 Å². The van der Waals surface area contributed by atoms with Gasteiger partial charge in [0, 0.05) is 31.7 Å². The Bertz CT molecular complexity index is 222. The number of hydrogen-bond acceptors (Lipinski definition) is 3. The van der Waals surface area contributed by atoms with Crippen molar-refractivity contribution in [3.05, 3.63) is 0 Å². The zero-order valence-corrected chi connectivity index (χ0v) is 11.8. The third kappa shape index (κ3) is 8.16. The number of amides is 1. The van der Waals surface area contributed by atoms with Crippen molar-refractivity contribution in [1.82, 2.24) is 10.6 Å². The fourth-order valence-electron chi connectivity index (χ4n) is 1.72. The molecule has 0 saturated carbocycles. The Hall–Kier alpha value is -0.610. The number of carbonyl (C=O) groups is 1. The lowest BCUT2D eigenvalue weighted by molar-refractivity contribution is -0.121. The van der Waals surface area contributed by atoms with Crippen LogP contribution in [-0.2, 0) is 4.79 Å². The molecule has 102 valence electrons. The highest BCUT2D eigenvalue weighted by molar-refractivity contribution is 5.76. The maximum absolute atomic E-state index is 11.4. The van der Waals surface area contributed by atoms with Gasteiger partial charge < -0.3 is 15.7 Å². The SMILES string of the molecule is CC(C)NC(=O)CCNC(CCO)C(C)(C)C. The second kappa shape index (κ2) is 7.67. The molecule has 0 aliphatic rings. The van der Waals surface area contributed by atoms with E-state index in [1.807, 2.05) is 13.8 Å². The fraction of sp³-hybridized carbons (Fsp3) is 0.923. The molecule has 4 heteroatoms.